The summed E-state index contributed by atoms with van der Waals surface area (Å²) in [5, 5.41) is 3.31. The van der Waals surface area contributed by atoms with Crippen LogP contribution >= 0.6 is 11.6 Å². The molecule has 3 saturated carbocycles. The third kappa shape index (κ3) is 2.41. The third-order valence-electron chi connectivity index (χ3n) is 5.49. The van der Waals surface area contributed by atoms with E-state index in [4.69, 9.17) is 11.6 Å². The van der Waals surface area contributed by atoms with Crippen LogP contribution in [0.25, 0.3) is 0 Å². The summed E-state index contributed by atoms with van der Waals surface area (Å²) in [7, 11) is 0. The van der Waals surface area contributed by atoms with Gasteiger partial charge < -0.3 is 5.32 Å². The van der Waals surface area contributed by atoms with Crippen molar-refractivity contribution in [3.63, 3.8) is 0 Å². The first-order valence-corrected chi connectivity index (χ1v) is 8.03. The van der Waals surface area contributed by atoms with E-state index in [-0.39, 0.29) is 17.4 Å². The van der Waals surface area contributed by atoms with Gasteiger partial charge in [-0.05, 0) is 62.7 Å². The van der Waals surface area contributed by atoms with Crippen molar-refractivity contribution in [2.24, 2.45) is 23.7 Å². The van der Waals surface area contributed by atoms with Crippen LogP contribution in [0.15, 0.2) is 0 Å². The lowest BCUT2D eigenvalue weighted by atomic mass is 9.78. The van der Waals surface area contributed by atoms with E-state index in [1.165, 1.54) is 19.3 Å². The Kier molecular flexibility index (Phi) is 3.34. The Morgan fingerprint density at radius 2 is 1.83 bits per heavy atom. The van der Waals surface area contributed by atoms with Gasteiger partial charge in [-0.1, -0.05) is 6.92 Å². The van der Waals surface area contributed by atoms with Gasteiger partial charge in [-0.2, -0.15) is 0 Å². The fourth-order valence-corrected chi connectivity index (χ4v) is 4.23. The number of fused-ring (bicyclic) bond motifs is 1. The monoisotopic (exact) mass is 269 g/mol. The molecule has 2 atom stereocenters. The van der Waals surface area contributed by atoms with Crippen LogP contribution in [0.1, 0.15) is 51.9 Å². The third-order valence-corrected chi connectivity index (χ3v) is 6.00. The quantitative estimate of drug-likeness (QED) is 0.783. The lowest BCUT2D eigenvalue weighted by Crippen LogP contribution is -2.53. The molecule has 2 nitrogen and oxygen atoms in total. The highest BCUT2D eigenvalue weighted by Crippen LogP contribution is 2.54. The van der Waals surface area contributed by atoms with Gasteiger partial charge in [0.15, 0.2) is 0 Å². The first-order valence-electron chi connectivity index (χ1n) is 7.50. The predicted octanol–water partition coefficient (Wildman–Crippen LogP) is 3.34. The molecule has 0 spiro atoms. The molecule has 0 bridgehead atoms. The second-order valence-corrected chi connectivity index (χ2v) is 7.28. The highest BCUT2D eigenvalue weighted by molar-refractivity contribution is 6.18. The van der Waals surface area contributed by atoms with Gasteiger partial charge in [-0.25, -0.2) is 0 Å². The van der Waals surface area contributed by atoms with Crippen LogP contribution in [0.4, 0.5) is 0 Å². The Labute approximate surface area is 115 Å². The highest BCUT2D eigenvalue weighted by Gasteiger charge is 2.49. The molecule has 0 saturated heterocycles. The normalized spacial score (nSPS) is 46.6. The number of alkyl halides is 1. The van der Waals surface area contributed by atoms with E-state index in [2.05, 4.69) is 12.2 Å². The van der Waals surface area contributed by atoms with Gasteiger partial charge in [-0.3, -0.25) is 4.79 Å². The summed E-state index contributed by atoms with van der Waals surface area (Å²) >= 11 is 6.16. The Morgan fingerprint density at radius 1 is 1.22 bits per heavy atom. The zero-order chi connectivity index (χ0) is 12.8. The summed E-state index contributed by atoms with van der Waals surface area (Å²) in [5.41, 5.74) is -0.0993. The van der Waals surface area contributed by atoms with Crippen LogP contribution in [0.2, 0.25) is 0 Å². The summed E-state index contributed by atoms with van der Waals surface area (Å²) in [6, 6.07) is 0. The molecule has 3 rings (SSSR count). The highest BCUT2D eigenvalue weighted by atomic mass is 35.5. The van der Waals surface area contributed by atoms with Crippen molar-refractivity contribution in [1.82, 2.24) is 5.32 Å². The lowest BCUT2D eigenvalue weighted by molar-refractivity contribution is -0.127. The molecular weight excluding hydrogens is 246 g/mol. The van der Waals surface area contributed by atoms with E-state index in [1.54, 1.807) is 0 Å². The molecule has 3 fully saturated rings. The van der Waals surface area contributed by atoms with Gasteiger partial charge in [0.2, 0.25) is 5.91 Å². The second-order valence-electron chi connectivity index (χ2n) is 7.01. The van der Waals surface area contributed by atoms with Gasteiger partial charge in [-0.15, -0.1) is 11.6 Å². The summed E-state index contributed by atoms with van der Waals surface area (Å²) < 4.78 is 0. The number of hydrogen-bond acceptors (Lipinski definition) is 1. The molecule has 0 aromatic heterocycles. The van der Waals surface area contributed by atoms with Gasteiger partial charge >= 0.3 is 0 Å². The topological polar surface area (TPSA) is 29.1 Å². The van der Waals surface area contributed by atoms with Gasteiger partial charge in [0.25, 0.3) is 0 Å². The molecule has 1 N–H and O–H groups in total. The predicted molar refractivity (Wildman–Crippen MR) is 73.5 cm³/mol. The van der Waals surface area contributed by atoms with E-state index < -0.39 is 0 Å². The maximum absolute atomic E-state index is 12.4. The summed E-state index contributed by atoms with van der Waals surface area (Å²) in [6.45, 7) is 2.30. The molecule has 3 aliphatic rings. The van der Waals surface area contributed by atoms with Crippen molar-refractivity contribution in [3.8, 4) is 0 Å². The molecule has 0 heterocycles. The number of hydrogen-bond donors (Lipinski definition) is 1. The molecule has 18 heavy (non-hydrogen) atoms. The minimum absolute atomic E-state index is 0.0993. The molecule has 3 aliphatic carbocycles. The van der Waals surface area contributed by atoms with Crippen LogP contribution in [0.3, 0.4) is 0 Å². The zero-order valence-electron chi connectivity index (χ0n) is 11.3. The first-order chi connectivity index (χ1) is 8.62. The molecule has 0 radical (unpaired) electrons. The number of amides is 1. The molecule has 0 aromatic rings. The number of carbonyl (C=O) groups is 1. The van der Waals surface area contributed by atoms with Gasteiger partial charge in [0.1, 0.15) is 0 Å². The Bertz CT molecular complexity index is 325. The van der Waals surface area contributed by atoms with Crippen molar-refractivity contribution in [2.45, 2.75) is 57.4 Å². The standard InChI is InChI=1S/C15H24ClNO/c1-10-2-4-15(9-16,5-3-10)17-14(18)13-7-11-6-12(11)8-13/h10-13H,2-9H2,1H3,(H,17,18). The molecule has 0 aromatic carbocycles. The molecular formula is C15H24ClNO. The van der Waals surface area contributed by atoms with Gasteiger partial charge in [0, 0.05) is 11.8 Å². The maximum atomic E-state index is 12.4. The van der Waals surface area contributed by atoms with Crippen LogP contribution in [0.5, 0.6) is 0 Å². The fraction of sp³-hybridized carbons (Fsp3) is 0.933. The minimum Gasteiger partial charge on any atom is -0.349 e. The summed E-state index contributed by atoms with van der Waals surface area (Å²) in [4.78, 5) is 12.4. The van der Waals surface area contributed by atoms with E-state index >= 15 is 0 Å². The van der Waals surface area contributed by atoms with Crippen LogP contribution < -0.4 is 5.32 Å². The number of halogens is 1. The van der Waals surface area contributed by atoms with E-state index in [1.807, 2.05) is 0 Å². The molecule has 3 heteroatoms. The van der Waals surface area contributed by atoms with Crippen LogP contribution in [-0.2, 0) is 4.79 Å². The molecule has 102 valence electrons. The van der Waals surface area contributed by atoms with Crippen molar-refractivity contribution in [1.29, 1.82) is 0 Å². The summed E-state index contributed by atoms with van der Waals surface area (Å²) in [5.74, 6) is 3.69. The van der Waals surface area contributed by atoms with E-state index in [0.717, 1.165) is 43.4 Å². The number of nitrogens with one attached hydrogen (secondary N) is 1. The molecule has 2 unspecified atom stereocenters. The van der Waals surface area contributed by atoms with Crippen molar-refractivity contribution >= 4 is 17.5 Å². The Balaban J connectivity index is 1.57. The maximum Gasteiger partial charge on any atom is 0.223 e. The number of carbonyl (C=O) groups excluding carboxylic acids is 1. The largest absolute Gasteiger partial charge is 0.349 e. The lowest BCUT2D eigenvalue weighted by Gasteiger charge is -2.39. The average molecular weight is 270 g/mol. The SMILES string of the molecule is CC1CCC(CCl)(NC(=O)C2CC3CC3C2)CC1. The molecule has 0 aliphatic heterocycles. The van der Waals surface area contributed by atoms with Crippen LogP contribution in [0, 0.1) is 23.7 Å². The number of rotatable bonds is 3. The first kappa shape index (κ1) is 12.8. The fourth-order valence-electron chi connectivity index (χ4n) is 3.90. The zero-order valence-corrected chi connectivity index (χ0v) is 12.0. The van der Waals surface area contributed by atoms with Gasteiger partial charge in [0.05, 0.1) is 5.54 Å². The average Bonchev–Trinajstić information content (AvgIpc) is 2.99. The Morgan fingerprint density at radius 3 is 2.39 bits per heavy atom. The van der Waals surface area contributed by atoms with E-state index in [9.17, 15) is 4.79 Å². The summed E-state index contributed by atoms with van der Waals surface area (Å²) in [6.07, 6.45) is 8.15. The Hall–Kier alpha value is -0.240. The second kappa shape index (κ2) is 4.70. The van der Waals surface area contributed by atoms with E-state index in [0.29, 0.717) is 5.88 Å². The van der Waals surface area contributed by atoms with Crippen molar-refractivity contribution in [2.75, 3.05) is 5.88 Å². The smallest absolute Gasteiger partial charge is 0.223 e. The van der Waals surface area contributed by atoms with Crippen LogP contribution in [-0.4, -0.2) is 17.3 Å². The minimum atomic E-state index is -0.0993. The molecule has 1 amide bonds. The van der Waals surface area contributed by atoms with Crippen molar-refractivity contribution in [3.05, 3.63) is 0 Å². The van der Waals surface area contributed by atoms with Crippen molar-refractivity contribution < 1.29 is 4.79 Å².